The van der Waals surface area contributed by atoms with Crippen LogP contribution in [0, 0.1) is 5.92 Å². The molecule has 11 heteroatoms. The highest BCUT2D eigenvalue weighted by Crippen LogP contribution is 2.45. The molecule has 11 nitrogen and oxygen atoms in total. The predicted octanol–water partition coefficient (Wildman–Crippen LogP) is 3.76. The number of aliphatic carboxylic acids is 2. The van der Waals surface area contributed by atoms with Gasteiger partial charge in [-0.25, -0.2) is 9.59 Å². The fraction of sp³-hybridized carbons (Fsp3) is 0.406. The van der Waals surface area contributed by atoms with Crippen molar-refractivity contribution >= 4 is 34.7 Å². The maximum absolute atomic E-state index is 13.3. The number of rotatable bonds is 9. The number of hydrogen-bond donors (Lipinski definition) is 4. The summed E-state index contributed by atoms with van der Waals surface area (Å²) in [5.74, 6) is -6.09. The lowest BCUT2D eigenvalue weighted by Gasteiger charge is -2.26. The molecule has 1 aliphatic heterocycles. The summed E-state index contributed by atoms with van der Waals surface area (Å²) in [6, 6.07) is 14.0. The summed E-state index contributed by atoms with van der Waals surface area (Å²) in [4.78, 5) is 54.1. The van der Waals surface area contributed by atoms with E-state index in [1.54, 1.807) is 12.1 Å². The molecule has 0 bridgehead atoms. The fourth-order valence-electron chi connectivity index (χ4n) is 6.23. The fourth-order valence-corrected chi connectivity index (χ4v) is 6.23. The highest BCUT2D eigenvalue weighted by atomic mass is 16.5. The number of carboxylic acids is 2. The van der Waals surface area contributed by atoms with Gasteiger partial charge in [0.15, 0.2) is 0 Å². The lowest BCUT2D eigenvalue weighted by Crippen LogP contribution is -2.52. The standard InChI is InChI=1S/C32H35N3O8/c1-18(2)25-15-21(22-6-3-4-7-24(22)33-25)14-19-8-10-20(11-9-19)28(36)34-26-17-32(12-5-13-43-32)16-23(26)29(37)35(42)27(30(38)39)31(40)41/h3-4,6-11,15,18,23,26-27,42H,5,12-14,16-17H2,1-2H3,(H,34,36)(H,38,39)(H,40,41)/t23-,26+,32+/m0/s1. The highest BCUT2D eigenvalue weighted by Gasteiger charge is 2.53. The van der Waals surface area contributed by atoms with Crippen LogP contribution in [0.4, 0.5) is 0 Å². The minimum absolute atomic E-state index is 0.122. The van der Waals surface area contributed by atoms with Gasteiger partial charge in [0.2, 0.25) is 0 Å². The number of nitrogens with one attached hydrogen (secondary N) is 1. The van der Waals surface area contributed by atoms with Crippen molar-refractivity contribution in [2.24, 2.45) is 5.92 Å². The number of pyridine rings is 1. The molecule has 3 aromatic rings. The van der Waals surface area contributed by atoms with Gasteiger partial charge in [-0.15, -0.1) is 0 Å². The molecule has 1 aliphatic carbocycles. The smallest absolute Gasteiger partial charge is 0.340 e. The van der Waals surface area contributed by atoms with E-state index in [1.165, 1.54) is 0 Å². The summed E-state index contributed by atoms with van der Waals surface area (Å²) in [6.07, 6.45) is 2.43. The third kappa shape index (κ3) is 6.23. The van der Waals surface area contributed by atoms with Crippen LogP contribution in [0.3, 0.4) is 0 Å². The number of carbonyl (C=O) groups excluding carboxylic acids is 2. The Balaban J connectivity index is 1.33. The first-order valence-electron chi connectivity index (χ1n) is 14.4. The summed E-state index contributed by atoms with van der Waals surface area (Å²) >= 11 is 0. The zero-order chi connectivity index (χ0) is 30.9. The van der Waals surface area contributed by atoms with E-state index in [9.17, 15) is 34.6 Å². The van der Waals surface area contributed by atoms with Crippen LogP contribution >= 0.6 is 0 Å². The van der Waals surface area contributed by atoms with Crippen molar-refractivity contribution < 1.29 is 39.3 Å². The Hall–Kier alpha value is -4.35. The molecule has 4 N–H and O–H groups in total. The van der Waals surface area contributed by atoms with Gasteiger partial charge in [-0.2, -0.15) is 5.06 Å². The van der Waals surface area contributed by atoms with Crippen LogP contribution in [0.1, 0.15) is 72.6 Å². The van der Waals surface area contributed by atoms with Crippen molar-refractivity contribution in [1.82, 2.24) is 15.4 Å². The number of hydroxylamine groups is 2. The SMILES string of the molecule is CC(C)c1cc(Cc2ccc(C(=O)N[C@@H]3C[C@@]4(CCCO4)C[C@@H]3C(=O)N(O)C(C(=O)O)C(=O)O)cc2)c2ccccc2n1. The molecule has 2 amide bonds. The number of ether oxygens (including phenoxy) is 1. The van der Waals surface area contributed by atoms with Gasteiger partial charge in [0.05, 0.1) is 17.0 Å². The normalized spacial score (nSPS) is 21.5. The van der Waals surface area contributed by atoms with Crippen molar-refractivity contribution in [3.05, 3.63) is 77.0 Å². The van der Waals surface area contributed by atoms with Crippen LogP contribution < -0.4 is 5.32 Å². The zero-order valence-electron chi connectivity index (χ0n) is 24.0. The zero-order valence-corrected chi connectivity index (χ0v) is 24.0. The third-order valence-corrected chi connectivity index (χ3v) is 8.45. The summed E-state index contributed by atoms with van der Waals surface area (Å²) in [6.45, 7) is 4.68. The molecular formula is C32H35N3O8. The second kappa shape index (κ2) is 12.1. The molecule has 43 heavy (non-hydrogen) atoms. The van der Waals surface area contributed by atoms with E-state index in [4.69, 9.17) is 9.72 Å². The van der Waals surface area contributed by atoms with Gasteiger partial charge in [0.1, 0.15) is 0 Å². The topological polar surface area (TPSA) is 166 Å². The number of carbonyl (C=O) groups is 4. The van der Waals surface area contributed by atoms with E-state index >= 15 is 0 Å². The maximum Gasteiger partial charge on any atom is 0.340 e. The molecule has 0 unspecified atom stereocenters. The quantitative estimate of drug-likeness (QED) is 0.165. The lowest BCUT2D eigenvalue weighted by molar-refractivity contribution is -0.196. The van der Waals surface area contributed by atoms with Crippen LogP contribution in [-0.2, 0) is 25.5 Å². The Bertz CT molecular complexity index is 1530. The van der Waals surface area contributed by atoms with Crippen molar-refractivity contribution in [3.63, 3.8) is 0 Å². The summed E-state index contributed by atoms with van der Waals surface area (Å²) in [5, 5.41) is 32.5. The monoisotopic (exact) mass is 589 g/mol. The Morgan fingerprint density at radius 1 is 1.05 bits per heavy atom. The van der Waals surface area contributed by atoms with E-state index in [-0.39, 0.29) is 23.8 Å². The van der Waals surface area contributed by atoms with E-state index in [1.807, 2.05) is 36.4 Å². The lowest BCUT2D eigenvalue weighted by atomic mass is 9.96. The molecule has 1 saturated heterocycles. The number of carboxylic acid groups (broad SMARTS) is 2. The Morgan fingerprint density at radius 3 is 2.37 bits per heavy atom. The molecule has 1 saturated carbocycles. The third-order valence-electron chi connectivity index (χ3n) is 8.45. The van der Waals surface area contributed by atoms with E-state index < -0.39 is 47.4 Å². The van der Waals surface area contributed by atoms with Gasteiger partial charge >= 0.3 is 11.9 Å². The van der Waals surface area contributed by atoms with Gasteiger partial charge in [-0.1, -0.05) is 44.2 Å². The molecule has 2 fully saturated rings. The van der Waals surface area contributed by atoms with E-state index in [0.717, 1.165) is 34.1 Å². The van der Waals surface area contributed by atoms with Crippen LogP contribution in [0.25, 0.3) is 10.9 Å². The first-order valence-corrected chi connectivity index (χ1v) is 14.4. The molecule has 0 radical (unpaired) electrons. The first-order chi connectivity index (χ1) is 20.5. The second-order valence-electron chi connectivity index (χ2n) is 11.7. The highest BCUT2D eigenvalue weighted by molar-refractivity contribution is 6.01. The van der Waals surface area contributed by atoms with Gasteiger partial charge in [-0.05, 0) is 73.4 Å². The van der Waals surface area contributed by atoms with Gasteiger partial charge in [0, 0.05) is 29.3 Å². The molecule has 3 atom stereocenters. The Kier molecular flexibility index (Phi) is 8.48. The summed E-state index contributed by atoms with van der Waals surface area (Å²) in [7, 11) is 0. The summed E-state index contributed by atoms with van der Waals surface area (Å²) in [5.41, 5.74) is 3.72. The molecule has 226 valence electrons. The minimum atomic E-state index is -2.47. The van der Waals surface area contributed by atoms with Crippen molar-refractivity contribution in [2.45, 2.75) is 69.6 Å². The molecule has 2 aliphatic rings. The number of amides is 2. The van der Waals surface area contributed by atoms with Crippen LogP contribution in [0.2, 0.25) is 0 Å². The first kappa shape index (κ1) is 30.1. The molecule has 5 rings (SSSR count). The predicted molar refractivity (Wildman–Crippen MR) is 155 cm³/mol. The Labute approximate surface area is 248 Å². The van der Waals surface area contributed by atoms with Crippen molar-refractivity contribution in [2.75, 3.05) is 6.61 Å². The second-order valence-corrected chi connectivity index (χ2v) is 11.7. The molecular weight excluding hydrogens is 554 g/mol. The van der Waals surface area contributed by atoms with Crippen LogP contribution in [0.15, 0.2) is 54.6 Å². The van der Waals surface area contributed by atoms with Crippen LogP contribution in [-0.4, -0.2) is 73.5 Å². The van der Waals surface area contributed by atoms with Crippen LogP contribution in [0.5, 0.6) is 0 Å². The van der Waals surface area contributed by atoms with Gasteiger partial charge in [0.25, 0.3) is 17.9 Å². The number of benzene rings is 2. The molecule has 2 aromatic carbocycles. The average Bonchev–Trinajstić information content (AvgIpc) is 3.58. The number of aromatic nitrogens is 1. The van der Waals surface area contributed by atoms with Crippen molar-refractivity contribution in [3.8, 4) is 0 Å². The number of fused-ring (bicyclic) bond motifs is 1. The van der Waals surface area contributed by atoms with Crippen molar-refractivity contribution in [1.29, 1.82) is 0 Å². The number of hydrogen-bond acceptors (Lipinski definition) is 7. The summed E-state index contributed by atoms with van der Waals surface area (Å²) < 4.78 is 5.92. The van der Waals surface area contributed by atoms with E-state index in [0.29, 0.717) is 25.0 Å². The Morgan fingerprint density at radius 2 is 1.74 bits per heavy atom. The van der Waals surface area contributed by atoms with E-state index in [2.05, 4.69) is 25.2 Å². The largest absolute Gasteiger partial charge is 0.479 e. The minimum Gasteiger partial charge on any atom is -0.479 e. The molecule has 1 aromatic heterocycles. The number of nitrogens with zero attached hydrogens (tertiary/aromatic N) is 2. The number of para-hydroxylation sites is 1. The maximum atomic E-state index is 13.3. The molecule has 1 spiro atoms. The molecule has 2 heterocycles. The van der Waals surface area contributed by atoms with Gasteiger partial charge in [-0.3, -0.25) is 19.8 Å². The average molecular weight is 590 g/mol. The van der Waals surface area contributed by atoms with Gasteiger partial charge < -0.3 is 20.3 Å².